The van der Waals surface area contributed by atoms with Gasteiger partial charge in [-0.25, -0.2) is 4.79 Å². The molecule has 0 bridgehead atoms. The molecule has 0 heterocycles. The quantitative estimate of drug-likeness (QED) is 0.838. The molecule has 3 N–H and O–H groups in total. The number of anilines is 1. The van der Waals surface area contributed by atoms with Crippen molar-refractivity contribution >= 4 is 28.9 Å². The van der Waals surface area contributed by atoms with Crippen LogP contribution in [-0.2, 0) is 6.18 Å². The molecule has 0 spiro atoms. The van der Waals surface area contributed by atoms with E-state index in [9.17, 15) is 18.0 Å². The Hall–Kier alpha value is -1.83. The van der Waals surface area contributed by atoms with Crippen LogP contribution < -0.4 is 11.1 Å². The first-order valence-corrected chi connectivity index (χ1v) is 6.51. The van der Waals surface area contributed by atoms with Crippen molar-refractivity contribution in [1.29, 1.82) is 0 Å². The van der Waals surface area contributed by atoms with Crippen LogP contribution in [-0.4, -0.2) is 29.0 Å². The summed E-state index contributed by atoms with van der Waals surface area (Å²) in [5, 5.41) is 2.41. The first-order chi connectivity index (χ1) is 9.61. The molecule has 2 amide bonds. The fourth-order valence-corrected chi connectivity index (χ4v) is 1.85. The van der Waals surface area contributed by atoms with Gasteiger partial charge in [-0.3, -0.25) is 0 Å². The van der Waals surface area contributed by atoms with Crippen molar-refractivity contribution in [3.8, 4) is 0 Å². The van der Waals surface area contributed by atoms with Crippen molar-refractivity contribution in [3.05, 3.63) is 29.8 Å². The number of thiocarbonyl (C=S) groups is 1. The topological polar surface area (TPSA) is 58.4 Å². The molecule has 0 saturated carbocycles. The van der Waals surface area contributed by atoms with Crippen molar-refractivity contribution in [2.75, 3.05) is 12.4 Å². The molecule has 21 heavy (non-hydrogen) atoms. The molecule has 1 atom stereocenters. The molecule has 116 valence electrons. The van der Waals surface area contributed by atoms with Crippen molar-refractivity contribution in [1.82, 2.24) is 4.90 Å². The predicted octanol–water partition coefficient (Wildman–Crippen LogP) is 3.23. The minimum atomic E-state index is -4.45. The number of hydrogen-bond acceptors (Lipinski definition) is 2. The third kappa shape index (κ3) is 5.22. The SMILES string of the molecule is CC(CC(N)=S)N(C)C(=O)Nc1cccc(C(F)(F)F)c1. The highest BCUT2D eigenvalue weighted by Gasteiger charge is 2.30. The van der Waals surface area contributed by atoms with Gasteiger partial charge in [-0.1, -0.05) is 18.3 Å². The molecular weight excluding hydrogens is 303 g/mol. The lowest BCUT2D eigenvalue weighted by Crippen LogP contribution is -2.40. The van der Waals surface area contributed by atoms with Gasteiger partial charge in [-0.15, -0.1) is 0 Å². The van der Waals surface area contributed by atoms with Crippen molar-refractivity contribution in [2.24, 2.45) is 5.73 Å². The Bertz CT molecular complexity index is 534. The molecule has 4 nitrogen and oxygen atoms in total. The van der Waals surface area contributed by atoms with E-state index in [1.165, 1.54) is 24.1 Å². The number of halogens is 3. The van der Waals surface area contributed by atoms with Gasteiger partial charge in [0.2, 0.25) is 0 Å². The lowest BCUT2D eigenvalue weighted by atomic mass is 10.2. The van der Waals surface area contributed by atoms with E-state index in [0.29, 0.717) is 6.42 Å². The van der Waals surface area contributed by atoms with Gasteiger partial charge in [0.1, 0.15) is 0 Å². The molecule has 0 aromatic heterocycles. The van der Waals surface area contributed by atoms with E-state index in [4.69, 9.17) is 18.0 Å². The third-order valence-corrected chi connectivity index (χ3v) is 3.09. The zero-order chi connectivity index (χ0) is 16.2. The first kappa shape index (κ1) is 17.2. The highest BCUT2D eigenvalue weighted by Crippen LogP contribution is 2.30. The van der Waals surface area contributed by atoms with Crippen molar-refractivity contribution < 1.29 is 18.0 Å². The Kier molecular flexibility index (Phi) is 5.54. The van der Waals surface area contributed by atoms with E-state index in [1.54, 1.807) is 6.92 Å². The van der Waals surface area contributed by atoms with E-state index in [0.717, 1.165) is 12.1 Å². The molecule has 0 fully saturated rings. The monoisotopic (exact) mass is 319 g/mol. The number of urea groups is 1. The number of alkyl halides is 3. The summed E-state index contributed by atoms with van der Waals surface area (Å²) in [7, 11) is 1.52. The zero-order valence-corrected chi connectivity index (χ0v) is 12.4. The lowest BCUT2D eigenvalue weighted by Gasteiger charge is -2.25. The van der Waals surface area contributed by atoms with Gasteiger partial charge in [0.05, 0.1) is 10.6 Å². The third-order valence-electron chi connectivity index (χ3n) is 2.92. The summed E-state index contributed by atoms with van der Waals surface area (Å²) in [6.07, 6.45) is -4.12. The van der Waals surface area contributed by atoms with Crippen LogP contribution in [0.1, 0.15) is 18.9 Å². The highest BCUT2D eigenvalue weighted by atomic mass is 32.1. The van der Waals surface area contributed by atoms with Crippen molar-refractivity contribution in [2.45, 2.75) is 25.6 Å². The maximum Gasteiger partial charge on any atom is 0.416 e. The fourth-order valence-electron chi connectivity index (χ4n) is 1.61. The van der Waals surface area contributed by atoms with Crippen molar-refractivity contribution in [3.63, 3.8) is 0 Å². The Balaban J connectivity index is 2.77. The van der Waals surface area contributed by atoms with Crippen LogP contribution in [0.4, 0.5) is 23.7 Å². The van der Waals surface area contributed by atoms with E-state index < -0.39 is 17.8 Å². The number of hydrogen-bond donors (Lipinski definition) is 2. The normalized spacial score (nSPS) is 12.6. The maximum atomic E-state index is 12.6. The van der Waals surface area contributed by atoms with E-state index >= 15 is 0 Å². The van der Waals surface area contributed by atoms with Crippen LogP contribution in [0.15, 0.2) is 24.3 Å². The summed E-state index contributed by atoms with van der Waals surface area (Å²) in [6.45, 7) is 1.74. The van der Waals surface area contributed by atoms with Gasteiger partial charge in [-0.2, -0.15) is 13.2 Å². The van der Waals surface area contributed by atoms with Crippen LogP contribution in [0.5, 0.6) is 0 Å². The second-order valence-electron chi connectivity index (χ2n) is 4.64. The fraction of sp³-hybridized carbons (Fsp3) is 0.385. The molecular formula is C13H16F3N3OS. The number of benzene rings is 1. The maximum absolute atomic E-state index is 12.6. The molecule has 1 rings (SSSR count). The number of nitrogens with zero attached hydrogens (tertiary/aromatic N) is 1. The summed E-state index contributed by atoms with van der Waals surface area (Å²) in [4.78, 5) is 13.5. The molecule has 0 aliphatic rings. The number of rotatable bonds is 4. The lowest BCUT2D eigenvalue weighted by molar-refractivity contribution is -0.137. The van der Waals surface area contributed by atoms with Gasteiger partial charge in [0.15, 0.2) is 0 Å². The second kappa shape index (κ2) is 6.75. The summed E-state index contributed by atoms with van der Waals surface area (Å²) in [5.41, 5.74) is 4.65. The zero-order valence-electron chi connectivity index (χ0n) is 11.6. The molecule has 1 aromatic carbocycles. The Morgan fingerprint density at radius 1 is 1.48 bits per heavy atom. The predicted molar refractivity (Wildman–Crippen MR) is 79.1 cm³/mol. The summed E-state index contributed by atoms with van der Waals surface area (Å²) in [6, 6.07) is 3.65. The number of nitrogens with two attached hydrogens (primary N) is 1. The Labute approximate surface area is 126 Å². The van der Waals surface area contributed by atoms with Gasteiger partial charge in [-0.05, 0) is 25.1 Å². The molecule has 0 aliphatic heterocycles. The number of carbonyl (C=O) groups excluding carboxylic acids is 1. The van der Waals surface area contributed by atoms with Gasteiger partial charge in [0.25, 0.3) is 0 Å². The van der Waals surface area contributed by atoms with Crippen LogP contribution in [0.25, 0.3) is 0 Å². The number of nitrogens with one attached hydrogen (secondary N) is 1. The Morgan fingerprint density at radius 3 is 2.62 bits per heavy atom. The number of carbonyl (C=O) groups is 1. The van der Waals surface area contributed by atoms with Gasteiger partial charge in [0, 0.05) is 25.2 Å². The van der Waals surface area contributed by atoms with Crippen LogP contribution >= 0.6 is 12.2 Å². The van der Waals surface area contributed by atoms with Gasteiger partial charge < -0.3 is 16.0 Å². The molecule has 1 unspecified atom stereocenters. The standard InChI is InChI=1S/C13H16F3N3OS/c1-8(6-11(17)21)19(2)12(20)18-10-5-3-4-9(7-10)13(14,15)16/h3-5,7-8H,6H2,1-2H3,(H2,17,21)(H,18,20). The first-order valence-electron chi connectivity index (χ1n) is 6.10. The minimum Gasteiger partial charge on any atom is -0.393 e. The van der Waals surface area contributed by atoms with E-state index in [1.807, 2.05) is 0 Å². The average Bonchev–Trinajstić information content (AvgIpc) is 2.36. The second-order valence-corrected chi connectivity index (χ2v) is 5.16. The minimum absolute atomic E-state index is 0.0733. The van der Waals surface area contributed by atoms with E-state index in [-0.39, 0.29) is 16.7 Å². The number of amides is 2. The van der Waals surface area contributed by atoms with E-state index in [2.05, 4.69) is 5.32 Å². The molecule has 0 saturated heterocycles. The van der Waals surface area contributed by atoms with Crippen LogP contribution in [0.3, 0.4) is 0 Å². The molecule has 0 aliphatic carbocycles. The summed E-state index contributed by atoms with van der Waals surface area (Å²) < 4.78 is 37.8. The van der Waals surface area contributed by atoms with Crippen LogP contribution in [0.2, 0.25) is 0 Å². The molecule has 8 heteroatoms. The highest BCUT2D eigenvalue weighted by molar-refractivity contribution is 7.80. The smallest absolute Gasteiger partial charge is 0.393 e. The van der Waals surface area contributed by atoms with Gasteiger partial charge >= 0.3 is 12.2 Å². The molecule has 0 radical (unpaired) electrons. The average molecular weight is 319 g/mol. The van der Waals surface area contributed by atoms with Crippen LogP contribution in [0, 0.1) is 0 Å². The summed E-state index contributed by atoms with van der Waals surface area (Å²) in [5.74, 6) is 0. The Morgan fingerprint density at radius 2 is 2.10 bits per heavy atom. The molecule has 1 aromatic rings. The largest absolute Gasteiger partial charge is 0.416 e. The summed E-state index contributed by atoms with van der Waals surface area (Å²) >= 11 is 4.76.